The quantitative estimate of drug-likeness (QED) is 0.658. The van der Waals surface area contributed by atoms with E-state index < -0.39 is 18.3 Å². The summed E-state index contributed by atoms with van der Waals surface area (Å²) in [5, 5.41) is 10.6. The van der Waals surface area contributed by atoms with Crippen molar-refractivity contribution in [2.45, 2.75) is 6.61 Å². The number of anilines is 2. The Hall–Kier alpha value is -3.14. The van der Waals surface area contributed by atoms with Gasteiger partial charge in [0.2, 0.25) is 5.13 Å². The fraction of sp³-hybridized carbons (Fsp3) is 0.0625. The topological polar surface area (TPSA) is 90.1 Å². The number of rotatable bonds is 5. The smallest absolute Gasteiger partial charge is 0.387 e. The van der Waals surface area contributed by atoms with Crippen molar-refractivity contribution in [2.75, 3.05) is 11.1 Å². The highest BCUT2D eigenvalue weighted by Gasteiger charge is 2.15. The summed E-state index contributed by atoms with van der Waals surface area (Å²) in [5.74, 6) is -1.25. The van der Waals surface area contributed by atoms with Crippen LogP contribution in [0.5, 0.6) is 5.75 Å². The molecule has 0 saturated carbocycles. The Morgan fingerprint density at radius 2 is 1.96 bits per heavy atom. The molecule has 0 unspecified atom stereocenters. The van der Waals surface area contributed by atoms with Crippen LogP contribution in [-0.4, -0.2) is 22.7 Å². The maximum atomic E-state index is 13.8. The van der Waals surface area contributed by atoms with Crippen LogP contribution in [0, 0.1) is 5.82 Å². The lowest BCUT2D eigenvalue weighted by Gasteiger charge is -2.09. The number of nitrogens with zero attached hydrogens (tertiary/aromatic N) is 2. The molecule has 0 aliphatic heterocycles. The molecule has 0 spiro atoms. The number of ether oxygens (including phenoxy) is 1. The van der Waals surface area contributed by atoms with E-state index in [4.69, 9.17) is 5.73 Å². The van der Waals surface area contributed by atoms with E-state index >= 15 is 0 Å². The zero-order valence-corrected chi connectivity index (χ0v) is 13.8. The molecule has 0 bridgehead atoms. The molecule has 1 aromatic heterocycles. The van der Waals surface area contributed by atoms with E-state index in [1.54, 1.807) is 18.2 Å². The van der Waals surface area contributed by atoms with Crippen molar-refractivity contribution in [1.82, 2.24) is 10.2 Å². The minimum Gasteiger partial charge on any atom is -0.433 e. The van der Waals surface area contributed by atoms with Gasteiger partial charge >= 0.3 is 6.61 Å². The molecule has 0 fully saturated rings. The number of carbonyl (C=O) groups is 1. The number of aromatic nitrogens is 2. The lowest BCUT2D eigenvalue weighted by Crippen LogP contribution is -2.12. The first-order chi connectivity index (χ1) is 12.4. The normalized spacial score (nSPS) is 10.8. The number of nitrogens with two attached hydrogens (primary N) is 1. The molecule has 6 nitrogen and oxygen atoms in total. The van der Waals surface area contributed by atoms with Gasteiger partial charge in [-0.25, -0.2) is 4.39 Å². The molecule has 10 heteroatoms. The van der Waals surface area contributed by atoms with Crippen LogP contribution in [0.1, 0.15) is 10.4 Å². The summed E-state index contributed by atoms with van der Waals surface area (Å²) >= 11 is 0.990. The fourth-order valence-corrected chi connectivity index (χ4v) is 2.85. The standard InChI is InChI=1S/C16H11F3N4O2S/c17-10-4-2-1-3-9(10)14-22-23-16(26-14)21-13(24)8-5-6-12(11(20)7-8)25-15(18)19/h1-7,15H,20H2,(H,21,23,24). The van der Waals surface area contributed by atoms with E-state index in [-0.39, 0.29) is 27.7 Å². The Balaban J connectivity index is 1.75. The first-order valence-corrected chi connectivity index (χ1v) is 8.00. The zero-order valence-electron chi connectivity index (χ0n) is 12.9. The molecule has 1 heterocycles. The summed E-state index contributed by atoms with van der Waals surface area (Å²) in [4.78, 5) is 12.2. The first-order valence-electron chi connectivity index (χ1n) is 7.18. The van der Waals surface area contributed by atoms with E-state index in [9.17, 15) is 18.0 Å². The molecule has 0 atom stereocenters. The van der Waals surface area contributed by atoms with Crippen LogP contribution in [0.2, 0.25) is 0 Å². The van der Waals surface area contributed by atoms with Crippen molar-refractivity contribution in [3.05, 3.63) is 53.8 Å². The van der Waals surface area contributed by atoms with Crippen LogP contribution >= 0.6 is 11.3 Å². The number of alkyl halides is 2. The van der Waals surface area contributed by atoms with Crippen molar-refractivity contribution in [3.8, 4) is 16.3 Å². The number of hydrogen-bond acceptors (Lipinski definition) is 6. The molecule has 1 amide bonds. The molecule has 0 radical (unpaired) electrons. The van der Waals surface area contributed by atoms with Crippen LogP contribution in [0.25, 0.3) is 10.6 Å². The number of nitrogen functional groups attached to an aromatic ring is 1. The minimum absolute atomic E-state index is 0.109. The molecule has 3 aromatic rings. The average Bonchev–Trinajstić information content (AvgIpc) is 3.05. The molecule has 0 aliphatic carbocycles. The summed E-state index contributed by atoms with van der Waals surface area (Å²) in [7, 11) is 0. The van der Waals surface area contributed by atoms with Crippen molar-refractivity contribution in [1.29, 1.82) is 0 Å². The SMILES string of the molecule is Nc1cc(C(=O)Nc2nnc(-c3ccccc3F)s2)ccc1OC(F)F. The Kier molecular flexibility index (Phi) is 5.03. The summed E-state index contributed by atoms with van der Waals surface area (Å²) in [6.07, 6.45) is 0. The van der Waals surface area contributed by atoms with Gasteiger partial charge in [0.25, 0.3) is 5.91 Å². The average molecular weight is 380 g/mol. The summed E-state index contributed by atoms with van der Waals surface area (Å²) in [6.45, 7) is -3.02. The van der Waals surface area contributed by atoms with Gasteiger partial charge in [-0.05, 0) is 30.3 Å². The third-order valence-electron chi connectivity index (χ3n) is 3.24. The third-order valence-corrected chi connectivity index (χ3v) is 4.11. The molecular formula is C16H11F3N4O2S. The van der Waals surface area contributed by atoms with Gasteiger partial charge in [0.1, 0.15) is 11.6 Å². The Morgan fingerprint density at radius 1 is 1.19 bits per heavy atom. The van der Waals surface area contributed by atoms with Gasteiger partial charge in [0.15, 0.2) is 5.01 Å². The molecule has 134 valence electrons. The minimum atomic E-state index is -3.02. The second-order valence-corrected chi connectivity index (χ2v) is 5.95. The molecule has 3 rings (SSSR count). The molecular weight excluding hydrogens is 369 g/mol. The van der Waals surface area contributed by atoms with Crippen molar-refractivity contribution >= 4 is 28.1 Å². The second kappa shape index (κ2) is 7.40. The lowest BCUT2D eigenvalue weighted by atomic mass is 10.2. The number of nitrogens with one attached hydrogen (secondary N) is 1. The number of hydrogen-bond donors (Lipinski definition) is 2. The van der Waals surface area contributed by atoms with Crippen LogP contribution in [0.15, 0.2) is 42.5 Å². The van der Waals surface area contributed by atoms with Crippen LogP contribution < -0.4 is 15.8 Å². The van der Waals surface area contributed by atoms with Crippen LogP contribution in [-0.2, 0) is 0 Å². The van der Waals surface area contributed by atoms with Gasteiger partial charge in [0, 0.05) is 11.1 Å². The van der Waals surface area contributed by atoms with Crippen molar-refractivity contribution in [2.24, 2.45) is 0 Å². The number of amides is 1. The van der Waals surface area contributed by atoms with Gasteiger partial charge in [-0.2, -0.15) is 8.78 Å². The Bertz CT molecular complexity index is 949. The van der Waals surface area contributed by atoms with E-state index in [0.717, 1.165) is 11.3 Å². The summed E-state index contributed by atoms with van der Waals surface area (Å²) < 4.78 is 42.4. The number of benzene rings is 2. The summed E-state index contributed by atoms with van der Waals surface area (Å²) in [6, 6.07) is 9.69. The monoisotopic (exact) mass is 380 g/mol. The molecule has 26 heavy (non-hydrogen) atoms. The lowest BCUT2D eigenvalue weighted by molar-refractivity contribution is -0.0493. The van der Waals surface area contributed by atoms with Crippen LogP contribution in [0.3, 0.4) is 0 Å². The maximum Gasteiger partial charge on any atom is 0.387 e. The zero-order chi connectivity index (χ0) is 18.7. The Labute approximate surface area is 149 Å². The number of carbonyl (C=O) groups excluding carboxylic acids is 1. The third kappa shape index (κ3) is 3.91. The predicted molar refractivity (Wildman–Crippen MR) is 90.7 cm³/mol. The highest BCUT2D eigenvalue weighted by Crippen LogP contribution is 2.29. The molecule has 0 saturated heterocycles. The maximum absolute atomic E-state index is 13.8. The largest absolute Gasteiger partial charge is 0.433 e. The number of halogens is 3. The van der Waals surface area contributed by atoms with E-state index in [2.05, 4.69) is 20.3 Å². The van der Waals surface area contributed by atoms with E-state index in [0.29, 0.717) is 5.01 Å². The second-order valence-electron chi connectivity index (χ2n) is 4.98. The molecule has 2 aromatic carbocycles. The van der Waals surface area contributed by atoms with Gasteiger partial charge in [-0.3, -0.25) is 10.1 Å². The Morgan fingerprint density at radius 3 is 2.65 bits per heavy atom. The highest BCUT2D eigenvalue weighted by atomic mass is 32.1. The van der Waals surface area contributed by atoms with Crippen LogP contribution in [0.4, 0.5) is 24.0 Å². The van der Waals surface area contributed by atoms with E-state index in [1.807, 2.05) is 0 Å². The van der Waals surface area contributed by atoms with Gasteiger partial charge < -0.3 is 10.5 Å². The van der Waals surface area contributed by atoms with Gasteiger partial charge in [0.05, 0.1) is 5.69 Å². The molecule has 0 aliphatic rings. The van der Waals surface area contributed by atoms with Gasteiger partial charge in [-0.1, -0.05) is 23.5 Å². The molecule has 3 N–H and O–H groups in total. The highest BCUT2D eigenvalue weighted by molar-refractivity contribution is 7.18. The van der Waals surface area contributed by atoms with Gasteiger partial charge in [-0.15, -0.1) is 10.2 Å². The first kappa shape index (κ1) is 17.7. The van der Waals surface area contributed by atoms with E-state index in [1.165, 1.54) is 24.3 Å². The predicted octanol–water partition coefficient (Wildman–Crippen LogP) is 3.78. The summed E-state index contributed by atoms with van der Waals surface area (Å²) in [5.41, 5.74) is 5.87. The van der Waals surface area contributed by atoms with Crippen molar-refractivity contribution < 1.29 is 22.7 Å². The van der Waals surface area contributed by atoms with Crippen molar-refractivity contribution in [3.63, 3.8) is 0 Å². The fourth-order valence-electron chi connectivity index (χ4n) is 2.08.